The number of amides is 1. The van der Waals surface area contributed by atoms with E-state index in [9.17, 15) is 9.59 Å². The van der Waals surface area contributed by atoms with Crippen molar-refractivity contribution >= 4 is 23.5 Å². The number of nitrogens with one attached hydrogen (secondary N) is 1. The summed E-state index contributed by atoms with van der Waals surface area (Å²) in [6.07, 6.45) is 2.41. The van der Waals surface area contributed by atoms with Crippen molar-refractivity contribution in [3.8, 4) is 11.6 Å². The standard InChI is InChI=1S/C17H21N3O3S/c1-5-10(2)18-14(22)9-24-17-15(12(4)21)11(3)19-16(20-17)13-7-6-8-23-13/h6-8,10H,5,9H2,1-4H3,(H,18,22)/t10-/m1/s1. The van der Waals surface area contributed by atoms with Gasteiger partial charge in [-0.2, -0.15) is 0 Å². The van der Waals surface area contributed by atoms with Crippen LogP contribution in [0.4, 0.5) is 0 Å². The van der Waals surface area contributed by atoms with Gasteiger partial charge < -0.3 is 9.73 Å². The molecule has 6 nitrogen and oxygen atoms in total. The summed E-state index contributed by atoms with van der Waals surface area (Å²) in [6.45, 7) is 7.19. The van der Waals surface area contributed by atoms with Crippen LogP contribution in [0.3, 0.4) is 0 Å². The first-order valence-electron chi connectivity index (χ1n) is 7.78. The molecule has 7 heteroatoms. The Morgan fingerprint density at radius 2 is 2.12 bits per heavy atom. The van der Waals surface area contributed by atoms with Gasteiger partial charge in [-0.15, -0.1) is 0 Å². The number of hydrogen-bond donors (Lipinski definition) is 1. The van der Waals surface area contributed by atoms with E-state index in [-0.39, 0.29) is 23.5 Å². The smallest absolute Gasteiger partial charge is 0.230 e. The quantitative estimate of drug-likeness (QED) is 0.470. The molecule has 2 aromatic rings. The van der Waals surface area contributed by atoms with Crippen molar-refractivity contribution in [2.75, 3.05) is 5.75 Å². The number of aromatic nitrogens is 2. The van der Waals surface area contributed by atoms with E-state index in [1.54, 1.807) is 25.3 Å². The Hall–Kier alpha value is -2.15. The van der Waals surface area contributed by atoms with E-state index in [4.69, 9.17) is 4.42 Å². The topological polar surface area (TPSA) is 85.1 Å². The van der Waals surface area contributed by atoms with Crippen LogP contribution in [0.25, 0.3) is 11.6 Å². The van der Waals surface area contributed by atoms with Crippen LogP contribution in [-0.4, -0.2) is 33.5 Å². The number of Topliss-reactive ketones (excluding diaryl/α,β-unsaturated/α-hetero) is 1. The SMILES string of the molecule is CC[C@@H](C)NC(=O)CSc1nc(-c2ccco2)nc(C)c1C(C)=O. The summed E-state index contributed by atoms with van der Waals surface area (Å²) in [5.41, 5.74) is 1.03. The minimum Gasteiger partial charge on any atom is -0.461 e. The molecular formula is C17H21N3O3S. The molecule has 0 aliphatic rings. The lowest BCUT2D eigenvalue weighted by atomic mass is 10.2. The predicted octanol–water partition coefficient (Wildman–Crippen LogP) is 3.25. The van der Waals surface area contributed by atoms with Crippen molar-refractivity contribution in [2.45, 2.75) is 45.2 Å². The molecule has 0 radical (unpaired) electrons. The zero-order valence-corrected chi connectivity index (χ0v) is 15.1. The summed E-state index contributed by atoms with van der Waals surface area (Å²) in [5, 5.41) is 3.40. The third-order valence-electron chi connectivity index (χ3n) is 3.51. The Balaban J connectivity index is 2.26. The molecule has 1 atom stereocenters. The second-order valence-corrected chi connectivity index (χ2v) is 6.48. The van der Waals surface area contributed by atoms with Crippen molar-refractivity contribution in [1.82, 2.24) is 15.3 Å². The Kier molecular flexibility index (Phi) is 6.14. The normalized spacial score (nSPS) is 12.0. The van der Waals surface area contributed by atoms with Crippen molar-refractivity contribution in [3.63, 3.8) is 0 Å². The maximum atomic E-state index is 12.0. The van der Waals surface area contributed by atoms with Crippen LogP contribution in [0.15, 0.2) is 27.8 Å². The average Bonchev–Trinajstić information content (AvgIpc) is 3.06. The number of ketones is 1. The van der Waals surface area contributed by atoms with Crippen LogP contribution in [0.2, 0.25) is 0 Å². The van der Waals surface area contributed by atoms with Crippen LogP contribution >= 0.6 is 11.8 Å². The van der Waals surface area contributed by atoms with Crippen LogP contribution in [0.5, 0.6) is 0 Å². The van der Waals surface area contributed by atoms with Gasteiger partial charge in [0, 0.05) is 6.04 Å². The minimum absolute atomic E-state index is 0.0836. The van der Waals surface area contributed by atoms with Gasteiger partial charge >= 0.3 is 0 Å². The molecule has 128 valence electrons. The molecule has 1 N–H and O–H groups in total. The first-order valence-corrected chi connectivity index (χ1v) is 8.76. The van der Waals surface area contributed by atoms with E-state index in [0.717, 1.165) is 6.42 Å². The minimum atomic E-state index is -0.122. The molecule has 2 aromatic heterocycles. The fraction of sp³-hybridized carbons (Fsp3) is 0.412. The molecule has 0 unspecified atom stereocenters. The van der Waals surface area contributed by atoms with Crippen molar-refractivity contribution < 1.29 is 14.0 Å². The average molecular weight is 347 g/mol. The van der Waals surface area contributed by atoms with Crippen molar-refractivity contribution in [3.05, 3.63) is 29.7 Å². The largest absolute Gasteiger partial charge is 0.461 e. The number of rotatable bonds is 7. The zero-order chi connectivity index (χ0) is 17.7. The van der Waals surface area contributed by atoms with E-state index >= 15 is 0 Å². The van der Waals surface area contributed by atoms with Gasteiger partial charge in [0.15, 0.2) is 17.4 Å². The van der Waals surface area contributed by atoms with Gasteiger partial charge in [0.1, 0.15) is 5.03 Å². The molecule has 0 spiro atoms. The Labute approximate surface area is 145 Å². The monoisotopic (exact) mass is 347 g/mol. The number of hydrogen-bond acceptors (Lipinski definition) is 6. The predicted molar refractivity (Wildman–Crippen MR) is 93.1 cm³/mol. The van der Waals surface area contributed by atoms with Gasteiger partial charge in [-0.25, -0.2) is 9.97 Å². The van der Waals surface area contributed by atoms with E-state index in [2.05, 4.69) is 15.3 Å². The third-order valence-corrected chi connectivity index (χ3v) is 4.49. The summed E-state index contributed by atoms with van der Waals surface area (Å²) in [6, 6.07) is 3.63. The van der Waals surface area contributed by atoms with Gasteiger partial charge in [0.2, 0.25) is 5.91 Å². The molecular weight excluding hydrogens is 326 g/mol. The molecule has 0 saturated carbocycles. The highest BCUT2D eigenvalue weighted by molar-refractivity contribution is 8.00. The number of thioether (sulfide) groups is 1. The first-order chi connectivity index (χ1) is 11.4. The van der Waals surface area contributed by atoms with E-state index in [1.807, 2.05) is 13.8 Å². The number of carbonyl (C=O) groups excluding carboxylic acids is 2. The molecule has 0 aromatic carbocycles. The molecule has 0 fully saturated rings. The number of aryl methyl sites for hydroxylation is 1. The maximum Gasteiger partial charge on any atom is 0.230 e. The van der Waals surface area contributed by atoms with Gasteiger partial charge in [0.05, 0.1) is 23.3 Å². The van der Waals surface area contributed by atoms with Crippen molar-refractivity contribution in [2.24, 2.45) is 0 Å². The van der Waals surface area contributed by atoms with Gasteiger partial charge in [-0.1, -0.05) is 18.7 Å². The van der Waals surface area contributed by atoms with Gasteiger partial charge in [0.25, 0.3) is 0 Å². The lowest BCUT2D eigenvalue weighted by Crippen LogP contribution is -2.33. The van der Waals surface area contributed by atoms with E-state index in [1.165, 1.54) is 18.7 Å². The Morgan fingerprint density at radius 1 is 1.38 bits per heavy atom. The molecule has 0 bridgehead atoms. The summed E-state index contributed by atoms with van der Waals surface area (Å²) in [4.78, 5) is 32.7. The highest BCUT2D eigenvalue weighted by atomic mass is 32.2. The van der Waals surface area contributed by atoms with Crippen molar-refractivity contribution in [1.29, 1.82) is 0 Å². The van der Waals surface area contributed by atoms with E-state index in [0.29, 0.717) is 27.9 Å². The molecule has 0 aliphatic heterocycles. The molecule has 24 heavy (non-hydrogen) atoms. The number of nitrogens with zero attached hydrogens (tertiary/aromatic N) is 2. The second-order valence-electron chi connectivity index (χ2n) is 5.51. The summed E-state index contributed by atoms with van der Waals surface area (Å²) >= 11 is 1.24. The first kappa shape index (κ1) is 18.2. The summed E-state index contributed by atoms with van der Waals surface area (Å²) in [5.74, 6) is 0.924. The summed E-state index contributed by atoms with van der Waals surface area (Å²) in [7, 11) is 0. The lowest BCUT2D eigenvalue weighted by Gasteiger charge is -2.12. The fourth-order valence-corrected chi connectivity index (χ4v) is 3.06. The highest BCUT2D eigenvalue weighted by Crippen LogP contribution is 2.26. The maximum absolute atomic E-state index is 12.0. The zero-order valence-electron chi connectivity index (χ0n) is 14.3. The van der Waals surface area contributed by atoms with Gasteiger partial charge in [-0.05, 0) is 39.3 Å². The number of carbonyl (C=O) groups is 2. The Morgan fingerprint density at radius 3 is 2.71 bits per heavy atom. The fourth-order valence-electron chi connectivity index (χ4n) is 2.12. The highest BCUT2D eigenvalue weighted by Gasteiger charge is 2.19. The van der Waals surface area contributed by atoms with Crippen LogP contribution < -0.4 is 5.32 Å². The molecule has 2 rings (SSSR count). The van der Waals surface area contributed by atoms with E-state index < -0.39 is 0 Å². The summed E-state index contributed by atoms with van der Waals surface area (Å²) < 4.78 is 5.32. The molecule has 0 saturated heterocycles. The third kappa shape index (κ3) is 4.44. The Bertz CT molecular complexity index is 729. The number of furan rings is 1. The van der Waals surface area contributed by atoms with Crippen LogP contribution in [-0.2, 0) is 4.79 Å². The van der Waals surface area contributed by atoms with Crippen LogP contribution in [0, 0.1) is 6.92 Å². The van der Waals surface area contributed by atoms with Gasteiger partial charge in [-0.3, -0.25) is 9.59 Å². The molecule has 0 aliphatic carbocycles. The van der Waals surface area contributed by atoms with Crippen LogP contribution in [0.1, 0.15) is 43.2 Å². The molecule has 2 heterocycles. The second kappa shape index (κ2) is 8.10. The lowest BCUT2D eigenvalue weighted by molar-refractivity contribution is -0.119. The molecule has 1 amide bonds.